The third-order valence-electron chi connectivity index (χ3n) is 4.08. The molecule has 2 aromatic carbocycles. The molecule has 1 heterocycles. The van der Waals surface area contributed by atoms with E-state index in [1.54, 1.807) is 0 Å². The number of esters is 1. The van der Waals surface area contributed by atoms with Crippen LogP contribution in [0.1, 0.15) is 5.76 Å². The number of methoxy groups -OCH3 is 2. The Morgan fingerprint density at radius 1 is 1.03 bits per heavy atom. The van der Waals surface area contributed by atoms with Crippen molar-refractivity contribution < 1.29 is 36.6 Å². The van der Waals surface area contributed by atoms with Gasteiger partial charge in [-0.05, 0) is 29.8 Å². The summed E-state index contributed by atoms with van der Waals surface area (Å²) in [6.45, 7) is -0.442. The van der Waals surface area contributed by atoms with Crippen LogP contribution in [0.25, 0.3) is 22.1 Å². The number of hydrogen-bond donors (Lipinski definition) is 0. The molecule has 0 N–H and O–H groups in total. The van der Waals surface area contributed by atoms with Crippen molar-refractivity contribution in [3.05, 3.63) is 58.4 Å². The second kappa shape index (κ2) is 7.86. The van der Waals surface area contributed by atoms with Gasteiger partial charge in [0.2, 0.25) is 11.2 Å². The van der Waals surface area contributed by atoms with Gasteiger partial charge < -0.3 is 18.6 Å². The lowest BCUT2D eigenvalue weighted by atomic mass is 10.0. The van der Waals surface area contributed by atoms with E-state index in [1.807, 2.05) is 0 Å². The Kier molecular flexibility index (Phi) is 5.49. The topological polar surface area (TPSA) is 75.0 Å². The van der Waals surface area contributed by atoms with Gasteiger partial charge in [-0.15, -0.1) is 0 Å². The van der Waals surface area contributed by atoms with Crippen LogP contribution < -0.4 is 14.9 Å². The number of hydrogen-bond acceptors (Lipinski definition) is 6. The highest BCUT2D eigenvalue weighted by Crippen LogP contribution is 2.38. The quantitative estimate of drug-likeness (QED) is 0.594. The van der Waals surface area contributed by atoms with E-state index in [9.17, 15) is 22.8 Å². The monoisotopic (exact) mass is 408 g/mol. The fraction of sp³-hybridized carbons (Fsp3) is 0.200. The van der Waals surface area contributed by atoms with Crippen LogP contribution in [0.15, 0.2) is 51.7 Å². The molecule has 0 bridgehead atoms. The number of rotatable bonds is 5. The van der Waals surface area contributed by atoms with Crippen LogP contribution in [-0.2, 0) is 15.7 Å². The van der Waals surface area contributed by atoms with Gasteiger partial charge in [-0.25, -0.2) is 4.79 Å². The molecular formula is C20H15F3O6. The molecule has 29 heavy (non-hydrogen) atoms. The van der Waals surface area contributed by atoms with E-state index in [4.69, 9.17) is 13.9 Å². The molecule has 152 valence electrons. The normalized spacial score (nSPS) is 11.3. The average Bonchev–Trinajstić information content (AvgIpc) is 2.71. The molecule has 0 unspecified atom stereocenters. The van der Waals surface area contributed by atoms with Gasteiger partial charge in [-0.1, -0.05) is 12.1 Å². The molecule has 0 aliphatic carbocycles. The largest absolute Gasteiger partial charge is 0.497 e. The number of alkyl halides is 3. The van der Waals surface area contributed by atoms with Crippen molar-refractivity contribution in [1.82, 2.24) is 0 Å². The standard InChI is InChI=1S/C20H15F3O6/c1-26-12-5-3-11(4-6-12)17-18(25)14-8-7-13(28-10-16(24)27-2)9-15(14)29-19(17)20(21,22)23/h3-9H,10H2,1-2H3. The first kappa shape index (κ1) is 20.2. The summed E-state index contributed by atoms with van der Waals surface area (Å²) in [6.07, 6.45) is -4.91. The van der Waals surface area contributed by atoms with Gasteiger partial charge in [0.1, 0.15) is 17.1 Å². The van der Waals surface area contributed by atoms with Crippen LogP contribution in [0.3, 0.4) is 0 Å². The molecule has 0 spiro atoms. The lowest BCUT2D eigenvalue weighted by Crippen LogP contribution is -2.16. The number of ether oxygens (including phenoxy) is 3. The molecular weight excluding hydrogens is 393 g/mol. The minimum atomic E-state index is -4.91. The van der Waals surface area contributed by atoms with E-state index in [1.165, 1.54) is 50.6 Å². The summed E-state index contributed by atoms with van der Waals surface area (Å²) in [7, 11) is 2.59. The zero-order valence-corrected chi connectivity index (χ0v) is 15.3. The second-order valence-electron chi connectivity index (χ2n) is 5.88. The summed E-state index contributed by atoms with van der Waals surface area (Å²) in [5.41, 5.74) is -1.72. The van der Waals surface area contributed by atoms with Crippen LogP contribution in [0.5, 0.6) is 11.5 Å². The highest BCUT2D eigenvalue weighted by molar-refractivity contribution is 5.84. The van der Waals surface area contributed by atoms with Crippen molar-refractivity contribution >= 4 is 16.9 Å². The highest BCUT2D eigenvalue weighted by atomic mass is 19.4. The average molecular weight is 408 g/mol. The smallest absolute Gasteiger partial charge is 0.450 e. The van der Waals surface area contributed by atoms with Crippen molar-refractivity contribution in [2.75, 3.05) is 20.8 Å². The Morgan fingerprint density at radius 3 is 2.28 bits per heavy atom. The summed E-state index contributed by atoms with van der Waals surface area (Å²) < 4.78 is 60.5. The molecule has 0 aliphatic rings. The summed E-state index contributed by atoms with van der Waals surface area (Å²) in [4.78, 5) is 24.0. The van der Waals surface area contributed by atoms with E-state index in [0.717, 1.165) is 6.07 Å². The molecule has 3 rings (SSSR count). The van der Waals surface area contributed by atoms with Crippen molar-refractivity contribution in [2.24, 2.45) is 0 Å². The molecule has 0 radical (unpaired) electrons. The van der Waals surface area contributed by atoms with Gasteiger partial charge in [-0.3, -0.25) is 4.79 Å². The molecule has 9 heteroatoms. The van der Waals surface area contributed by atoms with Gasteiger partial charge >= 0.3 is 12.1 Å². The molecule has 0 aliphatic heterocycles. The SMILES string of the molecule is COC(=O)COc1ccc2c(=O)c(-c3ccc(OC)cc3)c(C(F)(F)F)oc2c1. The number of fused-ring (bicyclic) bond motifs is 1. The molecule has 0 saturated carbocycles. The lowest BCUT2D eigenvalue weighted by Gasteiger charge is -2.13. The van der Waals surface area contributed by atoms with Crippen molar-refractivity contribution in [1.29, 1.82) is 0 Å². The summed E-state index contributed by atoms with van der Waals surface area (Å²) in [5.74, 6) is -1.61. The predicted octanol–water partition coefficient (Wildman–Crippen LogP) is 4.04. The van der Waals surface area contributed by atoms with Crippen LogP contribution in [0.2, 0.25) is 0 Å². The molecule has 6 nitrogen and oxygen atoms in total. The number of carbonyl (C=O) groups is 1. The first-order valence-electron chi connectivity index (χ1n) is 8.26. The minimum Gasteiger partial charge on any atom is -0.497 e. The second-order valence-corrected chi connectivity index (χ2v) is 5.88. The van der Waals surface area contributed by atoms with Gasteiger partial charge in [0.05, 0.1) is 25.2 Å². The zero-order chi connectivity index (χ0) is 21.2. The Balaban J connectivity index is 2.16. The Bertz CT molecular complexity index is 1100. The van der Waals surface area contributed by atoms with Crippen LogP contribution in [0, 0.1) is 0 Å². The Labute approximate surface area is 162 Å². The fourth-order valence-electron chi connectivity index (χ4n) is 2.68. The van der Waals surface area contributed by atoms with Crippen molar-refractivity contribution in [3.63, 3.8) is 0 Å². The summed E-state index contributed by atoms with van der Waals surface area (Å²) in [5, 5.41) is -0.0609. The first-order chi connectivity index (χ1) is 13.7. The first-order valence-corrected chi connectivity index (χ1v) is 8.26. The lowest BCUT2D eigenvalue weighted by molar-refractivity contribution is -0.152. The highest BCUT2D eigenvalue weighted by Gasteiger charge is 2.39. The van der Waals surface area contributed by atoms with Gasteiger partial charge in [0, 0.05) is 6.07 Å². The Morgan fingerprint density at radius 2 is 1.69 bits per heavy atom. The molecule has 3 aromatic rings. The van der Waals surface area contributed by atoms with Gasteiger partial charge in [-0.2, -0.15) is 13.2 Å². The Hall–Kier alpha value is -3.49. The number of halogens is 3. The molecule has 0 amide bonds. The maximum absolute atomic E-state index is 13.6. The van der Waals surface area contributed by atoms with Crippen LogP contribution in [0.4, 0.5) is 13.2 Å². The van der Waals surface area contributed by atoms with Crippen molar-refractivity contribution in [3.8, 4) is 22.6 Å². The van der Waals surface area contributed by atoms with Crippen molar-refractivity contribution in [2.45, 2.75) is 6.18 Å². The van der Waals surface area contributed by atoms with E-state index in [0.29, 0.717) is 5.75 Å². The minimum absolute atomic E-state index is 0.0415. The van der Waals surface area contributed by atoms with Crippen LogP contribution >= 0.6 is 0 Å². The fourth-order valence-corrected chi connectivity index (χ4v) is 2.68. The van der Waals surface area contributed by atoms with Gasteiger partial charge in [0.15, 0.2) is 6.61 Å². The molecule has 0 saturated heterocycles. The molecule has 1 aromatic heterocycles. The van der Waals surface area contributed by atoms with E-state index < -0.39 is 35.5 Å². The summed E-state index contributed by atoms with van der Waals surface area (Å²) in [6, 6.07) is 9.34. The maximum Gasteiger partial charge on any atom is 0.450 e. The maximum atomic E-state index is 13.6. The predicted molar refractivity (Wildman–Crippen MR) is 97.0 cm³/mol. The van der Waals surface area contributed by atoms with E-state index >= 15 is 0 Å². The third-order valence-corrected chi connectivity index (χ3v) is 4.08. The van der Waals surface area contributed by atoms with Crippen LogP contribution in [-0.4, -0.2) is 26.8 Å². The number of carbonyl (C=O) groups excluding carboxylic acids is 1. The molecule has 0 fully saturated rings. The summed E-state index contributed by atoms with van der Waals surface area (Å²) >= 11 is 0. The molecule has 0 atom stereocenters. The zero-order valence-electron chi connectivity index (χ0n) is 15.3. The van der Waals surface area contributed by atoms with E-state index in [-0.39, 0.29) is 22.3 Å². The number of benzene rings is 2. The van der Waals surface area contributed by atoms with Gasteiger partial charge in [0.25, 0.3) is 0 Å². The van der Waals surface area contributed by atoms with E-state index in [2.05, 4.69) is 4.74 Å². The third kappa shape index (κ3) is 4.18.